The lowest BCUT2D eigenvalue weighted by Crippen LogP contribution is -2.29. The lowest BCUT2D eigenvalue weighted by molar-refractivity contribution is -0.0509. The van der Waals surface area contributed by atoms with Gasteiger partial charge in [0, 0.05) is 29.3 Å². The summed E-state index contributed by atoms with van der Waals surface area (Å²) < 4.78 is 65.3. The molecule has 1 aliphatic heterocycles. The van der Waals surface area contributed by atoms with Crippen molar-refractivity contribution in [1.82, 2.24) is 0 Å². The number of amides is 1. The third-order valence-corrected chi connectivity index (χ3v) is 5.75. The molecule has 4 rings (SSSR count). The summed E-state index contributed by atoms with van der Waals surface area (Å²) in [4.78, 5) is 14.4. The smallest absolute Gasteiger partial charge is 0.376 e. The van der Waals surface area contributed by atoms with Gasteiger partial charge in [-0.1, -0.05) is 30.3 Å². The van der Waals surface area contributed by atoms with Gasteiger partial charge in [-0.25, -0.2) is 0 Å². The van der Waals surface area contributed by atoms with E-state index in [1.807, 2.05) is 0 Å². The molecule has 5 nitrogen and oxygen atoms in total. The molecular weight excluding hydrogens is 395 g/mol. The van der Waals surface area contributed by atoms with Gasteiger partial charge in [-0.05, 0) is 36.3 Å². The van der Waals surface area contributed by atoms with Crippen LogP contribution in [0.5, 0.6) is 0 Å². The lowest BCUT2D eigenvalue weighted by Gasteiger charge is -2.21. The summed E-state index contributed by atoms with van der Waals surface area (Å²) >= 11 is 0. The van der Waals surface area contributed by atoms with E-state index in [1.54, 1.807) is 47.4 Å². The van der Waals surface area contributed by atoms with Gasteiger partial charge in [-0.15, -0.1) is 0 Å². The SMILES string of the molecule is O=C(c1ccccc1)N1CC2CC=C(OS(=O)(=O)C(F)(F)F)c3cccc1c32. The van der Waals surface area contributed by atoms with Crippen molar-refractivity contribution >= 4 is 27.5 Å². The zero-order valence-corrected chi connectivity index (χ0v) is 15.1. The predicted octanol–water partition coefficient (Wildman–Crippen LogP) is 4.04. The summed E-state index contributed by atoms with van der Waals surface area (Å²) in [5, 5.41) is 0. The Labute approximate surface area is 159 Å². The number of allylic oxidation sites excluding steroid dienone is 1. The zero-order chi connectivity index (χ0) is 20.1. The first kappa shape index (κ1) is 18.5. The van der Waals surface area contributed by atoms with Crippen molar-refractivity contribution in [2.24, 2.45) is 0 Å². The molecule has 0 saturated carbocycles. The van der Waals surface area contributed by atoms with Crippen LogP contribution in [0.25, 0.3) is 5.76 Å². The highest BCUT2D eigenvalue weighted by Gasteiger charge is 2.49. The molecule has 1 amide bonds. The van der Waals surface area contributed by atoms with Gasteiger partial charge in [0.05, 0.1) is 0 Å². The van der Waals surface area contributed by atoms with Crippen LogP contribution in [0.1, 0.15) is 33.8 Å². The molecule has 0 N–H and O–H groups in total. The Morgan fingerprint density at radius 2 is 1.79 bits per heavy atom. The maximum atomic E-state index is 12.9. The second kappa shape index (κ2) is 6.37. The molecule has 146 valence electrons. The molecule has 28 heavy (non-hydrogen) atoms. The fourth-order valence-electron chi connectivity index (χ4n) is 3.57. The molecule has 0 saturated heterocycles. The van der Waals surface area contributed by atoms with Crippen molar-refractivity contribution in [2.75, 3.05) is 11.4 Å². The van der Waals surface area contributed by atoms with Crippen LogP contribution in [0.3, 0.4) is 0 Å². The zero-order valence-electron chi connectivity index (χ0n) is 14.3. The Morgan fingerprint density at radius 3 is 2.46 bits per heavy atom. The van der Waals surface area contributed by atoms with E-state index in [4.69, 9.17) is 0 Å². The first-order valence-electron chi connectivity index (χ1n) is 8.40. The summed E-state index contributed by atoms with van der Waals surface area (Å²) in [6.45, 7) is 0.357. The minimum absolute atomic E-state index is 0.139. The highest BCUT2D eigenvalue weighted by atomic mass is 32.2. The van der Waals surface area contributed by atoms with Gasteiger partial charge in [-0.3, -0.25) is 4.79 Å². The van der Waals surface area contributed by atoms with Crippen molar-refractivity contribution in [3.63, 3.8) is 0 Å². The average molecular weight is 409 g/mol. The van der Waals surface area contributed by atoms with Crippen LogP contribution in [0.4, 0.5) is 18.9 Å². The first-order chi connectivity index (χ1) is 13.2. The number of anilines is 1. The largest absolute Gasteiger partial charge is 0.534 e. The number of rotatable bonds is 3. The van der Waals surface area contributed by atoms with Crippen LogP contribution >= 0.6 is 0 Å². The summed E-state index contributed by atoms with van der Waals surface area (Å²) in [6.07, 6.45) is 1.60. The quantitative estimate of drug-likeness (QED) is 0.567. The second-order valence-corrected chi connectivity index (χ2v) is 8.04. The number of benzene rings is 2. The molecular formula is C19H14F3NO4S. The molecule has 1 aliphatic carbocycles. The number of nitrogens with zero attached hydrogens (tertiary/aromatic N) is 1. The molecule has 1 unspecified atom stereocenters. The number of hydrogen-bond donors (Lipinski definition) is 0. The molecule has 0 spiro atoms. The van der Waals surface area contributed by atoms with Gasteiger partial charge in [0.15, 0.2) is 0 Å². The van der Waals surface area contributed by atoms with Crippen LogP contribution in [0, 0.1) is 0 Å². The molecule has 2 aromatic carbocycles. The summed E-state index contributed by atoms with van der Waals surface area (Å²) in [6, 6.07) is 13.4. The average Bonchev–Trinajstić information content (AvgIpc) is 3.03. The van der Waals surface area contributed by atoms with E-state index in [0.29, 0.717) is 23.4 Å². The molecule has 0 radical (unpaired) electrons. The van der Waals surface area contributed by atoms with E-state index in [1.165, 1.54) is 12.1 Å². The fourth-order valence-corrected chi connectivity index (χ4v) is 4.06. The van der Waals surface area contributed by atoms with E-state index in [-0.39, 0.29) is 29.6 Å². The van der Waals surface area contributed by atoms with Crippen molar-refractivity contribution < 1.29 is 30.6 Å². The Kier molecular flexibility index (Phi) is 4.22. The van der Waals surface area contributed by atoms with Gasteiger partial charge in [-0.2, -0.15) is 21.6 Å². The monoisotopic (exact) mass is 409 g/mol. The van der Waals surface area contributed by atoms with E-state index in [0.717, 1.165) is 0 Å². The van der Waals surface area contributed by atoms with Crippen LogP contribution in [0.15, 0.2) is 54.6 Å². The van der Waals surface area contributed by atoms with Crippen molar-refractivity contribution in [3.05, 3.63) is 71.3 Å². The predicted molar refractivity (Wildman–Crippen MR) is 96.0 cm³/mol. The summed E-state index contributed by atoms with van der Waals surface area (Å²) in [5.74, 6) is -0.729. The Morgan fingerprint density at radius 1 is 1.07 bits per heavy atom. The van der Waals surface area contributed by atoms with Gasteiger partial charge in [0.1, 0.15) is 5.76 Å². The summed E-state index contributed by atoms with van der Waals surface area (Å²) in [7, 11) is -5.77. The van der Waals surface area contributed by atoms with E-state index in [9.17, 15) is 26.4 Å². The van der Waals surface area contributed by atoms with Crippen molar-refractivity contribution in [1.29, 1.82) is 0 Å². The minimum Gasteiger partial charge on any atom is -0.376 e. The third kappa shape index (κ3) is 2.95. The molecule has 2 aromatic rings. The van der Waals surface area contributed by atoms with Crippen LogP contribution < -0.4 is 4.90 Å². The number of alkyl halides is 3. The molecule has 0 bridgehead atoms. The van der Waals surface area contributed by atoms with Gasteiger partial charge in [0.25, 0.3) is 5.91 Å². The molecule has 1 atom stereocenters. The van der Waals surface area contributed by atoms with E-state index in [2.05, 4.69) is 4.18 Å². The molecule has 0 fully saturated rings. The van der Waals surface area contributed by atoms with Crippen molar-refractivity contribution in [3.8, 4) is 0 Å². The topological polar surface area (TPSA) is 63.7 Å². The number of carbonyl (C=O) groups excluding carboxylic acids is 1. The van der Waals surface area contributed by atoms with Crippen molar-refractivity contribution in [2.45, 2.75) is 17.8 Å². The van der Waals surface area contributed by atoms with E-state index >= 15 is 0 Å². The van der Waals surface area contributed by atoms with Crippen LogP contribution in [0.2, 0.25) is 0 Å². The van der Waals surface area contributed by atoms with Crippen LogP contribution in [-0.2, 0) is 14.3 Å². The number of carbonyl (C=O) groups is 1. The minimum atomic E-state index is -5.77. The molecule has 0 aromatic heterocycles. The number of halogens is 3. The second-order valence-electron chi connectivity index (χ2n) is 6.50. The Balaban J connectivity index is 1.71. The first-order valence-corrected chi connectivity index (χ1v) is 9.81. The standard InChI is InChI=1S/C19H14F3NO4S/c20-19(21,22)28(25,26)27-16-10-9-13-11-23(15-8-4-7-14(16)17(13)15)18(24)12-5-2-1-3-6-12/h1-8,10,13H,9,11H2. The van der Waals surface area contributed by atoms with E-state index < -0.39 is 15.6 Å². The lowest BCUT2D eigenvalue weighted by atomic mass is 9.88. The maximum Gasteiger partial charge on any atom is 0.534 e. The highest BCUT2D eigenvalue weighted by Crippen LogP contribution is 2.47. The third-order valence-electron chi connectivity index (χ3n) is 4.79. The highest BCUT2D eigenvalue weighted by molar-refractivity contribution is 7.87. The molecule has 1 heterocycles. The van der Waals surface area contributed by atoms with Crippen LogP contribution in [-0.4, -0.2) is 26.4 Å². The normalized spacial score (nSPS) is 18.5. The Bertz CT molecular complexity index is 1080. The fraction of sp³-hybridized carbons (Fsp3) is 0.211. The molecule has 9 heteroatoms. The van der Waals surface area contributed by atoms with Gasteiger partial charge in [0.2, 0.25) is 0 Å². The summed E-state index contributed by atoms with van der Waals surface area (Å²) in [5.41, 5.74) is -3.60. The molecule has 2 aliphatic rings. The van der Waals surface area contributed by atoms with Gasteiger partial charge < -0.3 is 9.08 Å². The Hall–Kier alpha value is -2.81. The maximum absolute atomic E-state index is 12.9. The number of hydrogen-bond acceptors (Lipinski definition) is 4. The van der Waals surface area contributed by atoms with Gasteiger partial charge >= 0.3 is 15.6 Å².